The molecule has 0 saturated heterocycles. The maximum atomic E-state index is 12.7. The summed E-state index contributed by atoms with van der Waals surface area (Å²) >= 11 is 1.09. The summed E-state index contributed by atoms with van der Waals surface area (Å²) < 4.78 is 70.4. The molecule has 154 valence electrons. The molecule has 0 radical (unpaired) electrons. The van der Waals surface area contributed by atoms with Crippen LogP contribution in [0.3, 0.4) is 0 Å². The first-order valence-corrected chi connectivity index (χ1v) is 10.2. The van der Waals surface area contributed by atoms with Crippen molar-refractivity contribution in [2.45, 2.75) is 18.2 Å². The maximum Gasteiger partial charge on any atom is 0.573 e. The molecular weight excluding hydrogens is 433 g/mol. The molecule has 1 N–H and O–H groups in total. The fraction of sp³-hybridized carbons (Fsp3) is 0.176. The number of nitrogens with one attached hydrogen (secondary N) is 1. The van der Waals surface area contributed by atoms with Crippen LogP contribution < -0.4 is 10.1 Å². The first kappa shape index (κ1) is 22.3. The number of halogens is 3. The van der Waals surface area contributed by atoms with E-state index in [0.29, 0.717) is 0 Å². The van der Waals surface area contributed by atoms with Gasteiger partial charge in [-0.15, -0.1) is 24.5 Å². The molecule has 7 nitrogen and oxygen atoms in total. The third-order valence-corrected chi connectivity index (χ3v) is 5.77. The number of rotatable bonds is 6. The Hall–Kier alpha value is -3.04. The lowest BCUT2D eigenvalue weighted by molar-refractivity contribution is -0.274. The third-order valence-electron chi connectivity index (χ3n) is 3.24. The molecule has 12 heteroatoms. The summed E-state index contributed by atoms with van der Waals surface area (Å²) in [6, 6.07) is 6.49. The Kier molecular flexibility index (Phi) is 6.89. The van der Waals surface area contributed by atoms with Gasteiger partial charge in [-0.1, -0.05) is 0 Å². The number of hydrogen-bond acceptors (Lipinski definition) is 7. The second kappa shape index (κ2) is 8.97. The number of allylic oxidation sites excluding steroid dienone is 1. The van der Waals surface area contributed by atoms with Crippen molar-refractivity contribution in [2.24, 2.45) is 0 Å². The number of thiophene rings is 1. The van der Waals surface area contributed by atoms with Gasteiger partial charge < -0.3 is 9.47 Å². The second-order valence-electron chi connectivity index (χ2n) is 5.19. The number of carbonyl (C=O) groups excluding carboxylic acids is 1. The molecule has 0 unspecified atom stereocenters. The van der Waals surface area contributed by atoms with E-state index in [1.165, 1.54) is 6.07 Å². The summed E-state index contributed by atoms with van der Waals surface area (Å²) in [7, 11) is -4.32. The van der Waals surface area contributed by atoms with Gasteiger partial charge in [0.05, 0.1) is 11.5 Å². The molecule has 2 aromatic rings. The zero-order valence-corrected chi connectivity index (χ0v) is 16.3. The van der Waals surface area contributed by atoms with Crippen LogP contribution >= 0.6 is 11.3 Å². The number of nitrogens with zero attached hydrogens (tertiary/aromatic N) is 1. The van der Waals surface area contributed by atoms with Crippen molar-refractivity contribution in [3.05, 3.63) is 46.2 Å². The second-order valence-corrected chi connectivity index (χ2v) is 8.03. The van der Waals surface area contributed by atoms with E-state index in [-0.39, 0.29) is 17.2 Å². The number of alkyl halides is 3. The fourth-order valence-electron chi connectivity index (χ4n) is 2.05. The minimum atomic E-state index is -4.92. The fourth-order valence-corrected chi connectivity index (χ4v) is 3.96. The lowest BCUT2D eigenvalue weighted by atomic mass is 10.3. The van der Waals surface area contributed by atoms with Gasteiger partial charge in [-0.05, 0) is 48.7 Å². The van der Waals surface area contributed by atoms with Gasteiger partial charge in [-0.25, -0.2) is 13.2 Å². The van der Waals surface area contributed by atoms with E-state index in [1.807, 2.05) is 0 Å². The van der Waals surface area contributed by atoms with Gasteiger partial charge >= 0.3 is 12.5 Å². The predicted octanol–water partition coefficient (Wildman–Crippen LogP) is 4.55. The van der Waals surface area contributed by atoms with Gasteiger partial charge in [0, 0.05) is 5.56 Å². The van der Waals surface area contributed by atoms with Crippen LogP contribution in [0.1, 0.15) is 12.5 Å². The minimum Gasteiger partial charge on any atom is -0.450 e. The highest BCUT2D eigenvalue weighted by Gasteiger charge is 2.31. The molecule has 0 aliphatic carbocycles. The largest absolute Gasteiger partial charge is 0.573 e. The Balaban J connectivity index is 2.33. The lowest BCUT2D eigenvalue weighted by Gasteiger charge is -2.09. The van der Waals surface area contributed by atoms with Crippen molar-refractivity contribution in [1.29, 1.82) is 5.26 Å². The van der Waals surface area contributed by atoms with Crippen molar-refractivity contribution in [3.63, 3.8) is 0 Å². The van der Waals surface area contributed by atoms with Crippen molar-refractivity contribution in [3.8, 4) is 11.8 Å². The Morgan fingerprint density at radius 3 is 2.48 bits per heavy atom. The molecule has 1 aromatic heterocycles. The quantitative estimate of drug-likeness (QED) is 0.653. The zero-order chi connectivity index (χ0) is 21.7. The summed E-state index contributed by atoms with van der Waals surface area (Å²) in [6.07, 6.45) is -4.61. The van der Waals surface area contributed by atoms with Crippen LogP contribution in [-0.2, 0) is 14.6 Å². The van der Waals surface area contributed by atoms with Crippen molar-refractivity contribution < 1.29 is 35.9 Å². The number of benzene rings is 1. The van der Waals surface area contributed by atoms with Crippen LogP contribution in [0.5, 0.6) is 5.75 Å². The first-order valence-electron chi connectivity index (χ1n) is 7.80. The summed E-state index contributed by atoms with van der Waals surface area (Å²) in [5.41, 5.74) is 0.250. The minimum absolute atomic E-state index is 0.133. The van der Waals surface area contributed by atoms with Gasteiger partial charge in [-0.3, -0.25) is 5.32 Å². The van der Waals surface area contributed by atoms with Crippen LogP contribution in [0.2, 0.25) is 0 Å². The number of sulfone groups is 1. The van der Waals surface area contributed by atoms with E-state index in [2.05, 4.69) is 10.1 Å². The Labute approximate surface area is 167 Å². The highest BCUT2D eigenvalue weighted by molar-refractivity contribution is 7.95. The molecule has 0 aliphatic rings. The number of anilines is 1. The van der Waals surface area contributed by atoms with Gasteiger partial charge in [0.25, 0.3) is 0 Å². The predicted molar refractivity (Wildman–Crippen MR) is 98.9 cm³/mol. The van der Waals surface area contributed by atoms with Crippen molar-refractivity contribution in [2.75, 3.05) is 11.9 Å². The molecule has 1 aromatic carbocycles. The Bertz CT molecular complexity index is 1050. The highest BCUT2D eigenvalue weighted by Crippen LogP contribution is 2.30. The molecular formula is C17H13F3N2O5S2. The van der Waals surface area contributed by atoms with Crippen LogP contribution in [0, 0.1) is 11.3 Å². The van der Waals surface area contributed by atoms with Gasteiger partial charge in [0.1, 0.15) is 21.7 Å². The van der Waals surface area contributed by atoms with Crippen LogP contribution in [0.4, 0.5) is 23.0 Å². The average Bonchev–Trinajstić information content (AvgIpc) is 3.05. The smallest absolute Gasteiger partial charge is 0.450 e. The average molecular weight is 446 g/mol. The van der Waals surface area contributed by atoms with E-state index in [1.54, 1.807) is 18.4 Å². The standard InChI is InChI=1S/C17H13F3N2O5S2/c1-2-26-16(23)22-15-11(7-8-28-15)9-14(10-21)29(24,25)13-5-3-12(4-6-13)27-17(18,19)20/h3-9H,2H2,1H3,(H,22,23). The van der Waals surface area contributed by atoms with Gasteiger partial charge in [-0.2, -0.15) is 5.26 Å². The molecule has 1 heterocycles. The summed E-state index contributed by atoms with van der Waals surface area (Å²) in [4.78, 5) is 10.5. The molecule has 2 rings (SSSR count). The van der Waals surface area contributed by atoms with Crippen LogP contribution in [0.25, 0.3) is 6.08 Å². The van der Waals surface area contributed by atoms with E-state index in [4.69, 9.17) is 4.74 Å². The summed E-state index contributed by atoms with van der Waals surface area (Å²) in [6.45, 7) is 1.74. The Morgan fingerprint density at radius 2 is 1.93 bits per heavy atom. The highest BCUT2D eigenvalue weighted by atomic mass is 32.2. The number of ether oxygens (including phenoxy) is 2. The van der Waals surface area contributed by atoms with Gasteiger partial charge in [0.15, 0.2) is 0 Å². The van der Waals surface area contributed by atoms with Crippen molar-refractivity contribution in [1.82, 2.24) is 0 Å². The number of amides is 1. The first-order chi connectivity index (χ1) is 13.6. The summed E-state index contributed by atoms with van der Waals surface area (Å²) in [5, 5.41) is 13.6. The lowest BCUT2D eigenvalue weighted by Crippen LogP contribution is -2.17. The third kappa shape index (κ3) is 5.97. The van der Waals surface area contributed by atoms with E-state index in [0.717, 1.165) is 41.7 Å². The molecule has 0 spiro atoms. The van der Waals surface area contributed by atoms with E-state index in [9.17, 15) is 31.6 Å². The number of carbonyl (C=O) groups is 1. The zero-order valence-electron chi connectivity index (χ0n) is 14.7. The van der Waals surface area contributed by atoms with E-state index < -0.39 is 37.8 Å². The molecule has 0 bridgehead atoms. The van der Waals surface area contributed by atoms with Crippen LogP contribution in [0.15, 0.2) is 45.5 Å². The topological polar surface area (TPSA) is 105 Å². The van der Waals surface area contributed by atoms with Crippen molar-refractivity contribution >= 4 is 38.3 Å². The molecule has 0 aliphatic heterocycles. The van der Waals surface area contributed by atoms with E-state index >= 15 is 0 Å². The normalized spacial score (nSPS) is 12.2. The molecule has 0 atom stereocenters. The monoisotopic (exact) mass is 446 g/mol. The molecule has 1 amide bonds. The molecule has 0 fully saturated rings. The van der Waals surface area contributed by atoms with Gasteiger partial charge in [0.2, 0.25) is 9.84 Å². The Morgan fingerprint density at radius 1 is 1.28 bits per heavy atom. The number of nitriles is 1. The summed E-state index contributed by atoms with van der Waals surface area (Å²) in [5.74, 6) is -0.599. The molecule has 0 saturated carbocycles. The number of hydrogen-bond donors (Lipinski definition) is 1. The maximum absolute atomic E-state index is 12.7. The SMILES string of the molecule is CCOC(=O)Nc1sccc1C=C(C#N)S(=O)(=O)c1ccc(OC(F)(F)F)cc1. The molecule has 29 heavy (non-hydrogen) atoms. The van der Waals surface area contributed by atoms with Crippen LogP contribution in [-0.4, -0.2) is 27.5 Å².